The average molecular weight is 278 g/mol. The van der Waals surface area contributed by atoms with Crippen LogP contribution in [0.2, 0.25) is 0 Å². The maximum absolute atomic E-state index is 9.29. The number of rotatable bonds is 9. The van der Waals surface area contributed by atoms with Crippen molar-refractivity contribution in [3.8, 4) is 6.07 Å². The predicted molar refractivity (Wildman–Crippen MR) is 81.4 cm³/mol. The van der Waals surface area contributed by atoms with Gasteiger partial charge in [-0.05, 0) is 57.8 Å². The van der Waals surface area contributed by atoms with Gasteiger partial charge in [-0.3, -0.25) is 5.32 Å². The first-order valence-electron chi connectivity index (χ1n) is 8.48. The number of unbranched alkanes of at least 4 members (excludes halogenated alkanes) is 1. The van der Waals surface area contributed by atoms with Crippen LogP contribution in [0, 0.1) is 17.2 Å². The van der Waals surface area contributed by atoms with Crippen LogP contribution in [0.1, 0.15) is 71.1 Å². The zero-order valence-electron chi connectivity index (χ0n) is 13.0. The number of hydrogen-bond donors (Lipinski definition) is 1. The summed E-state index contributed by atoms with van der Waals surface area (Å²) >= 11 is 0. The summed E-state index contributed by atoms with van der Waals surface area (Å²) in [6.45, 7) is 3.85. The fourth-order valence-corrected chi connectivity index (χ4v) is 3.13. The molecule has 2 fully saturated rings. The molecular formula is C17H30N2O. The van der Waals surface area contributed by atoms with E-state index < -0.39 is 0 Å². The van der Waals surface area contributed by atoms with Gasteiger partial charge >= 0.3 is 0 Å². The monoisotopic (exact) mass is 278 g/mol. The summed E-state index contributed by atoms with van der Waals surface area (Å²) < 4.78 is 5.81. The Bertz CT molecular complexity index is 315. The van der Waals surface area contributed by atoms with E-state index in [2.05, 4.69) is 11.4 Å². The summed E-state index contributed by atoms with van der Waals surface area (Å²) in [5.74, 6) is 0.810. The van der Waals surface area contributed by atoms with Gasteiger partial charge in [-0.15, -0.1) is 0 Å². The van der Waals surface area contributed by atoms with Crippen molar-refractivity contribution in [1.82, 2.24) is 5.32 Å². The van der Waals surface area contributed by atoms with Crippen LogP contribution in [-0.4, -0.2) is 24.8 Å². The zero-order chi connectivity index (χ0) is 14.3. The van der Waals surface area contributed by atoms with Crippen LogP contribution in [0.4, 0.5) is 0 Å². The third kappa shape index (κ3) is 5.81. The zero-order valence-corrected chi connectivity index (χ0v) is 13.0. The van der Waals surface area contributed by atoms with Crippen LogP contribution >= 0.6 is 0 Å². The minimum absolute atomic E-state index is 0.329. The highest BCUT2D eigenvalue weighted by Crippen LogP contribution is 2.25. The second kappa shape index (κ2) is 8.00. The van der Waals surface area contributed by atoms with E-state index in [-0.39, 0.29) is 5.54 Å². The summed E-state index contributed by atoms with van der Waals surface area (Å²) in [6, 6.07) is 3.04. The molecule has 1 N–H and O–H groups in total. The Labute approximate surface area is 124 Å². The predicted octanol–water partition coefficient (Wildman–Crippen LogP) is 3.79. The molecule has 2 aliphatic carbocycles. The van der Waals surface area contributed by atoms with E-state index in [0.717, 1.165) is 38.4 Å². The van der Waals surface area contributed by atoms with Gasteiger partial charge in [-0.25, -0.2) is 0 Å². The molecule has 0 aliphatic heterocycles. The molecular weight excluding hydrogens is 248 g/mol. The van der Waals surface area contributed by atoms with Gasteiger partial charge < -0.3 is 4.74 Å². The summed E-state index contributed by atoms with van der Waals surface area (Å²) in [4.78, 5) is 0. The number of nitrogens with zero attached hydrogens (tertiary/aromatic N) is 1. The molecule has 0 aromatic carbocycles. The largest absolute Gasteiger partial charge is 0.381 e. The lowest BCUT2D eigenvalue weighted by Crippen LogP contribution is -2.42. The standard InChI is InChI=1S/C17H30N2O/c1-17(14-18,19-16-9-10-16)11-5-6-12-20-13-15-7-3-2-4-8-15/h15-16,19H,2-13H2,1H3. The number of ether oxygens (including phenoxy) is 1. The van der Waals surface area contributed by atoms with E-state index in [4.69, 9.17) is 4.74 Å². The lowest BCUT2D eigenvalue weighted by atomic mass is 9.90. The highest BCUT2D eigenvalue weighted by Gasteiger charge is 2.31. The first kappa shape index (κ1) is 15.8. The van der Waals surface area contributed by atoms with Gasteiger partial charge in [0.1, 0.15) is 5.54 Å². The molecule has 0 amide bonds. The number of nitriles is 1. The highest BCUT2D eigenvalue weighted by molar-refractivity contribution is 5.06. The molecule has 0 radical (unpaired) electrons. The van der Waals surface area contributed by atoms with E-state index in [9.17, 15) is 5.26 Å². The van der Waals surface area contributed by atoms with E-state index in [1.54, 1.807) is 0 Å². The van der Waals surface area contributed by atoms with Gasteiger partial charge in [0.25, 0.3) is 0 Å². The third-order valence-electron chi connectivity index (χ3n) is 4.64. The van der Waals surface area contributed by atoms with Crippen molar-refractivity contribution >= 4 is 0 Å². The van der Waals surface area contributed by atoms with E-state index in [1.807, 2.05) is 6.92 Å². The van der Waals surface area contributed by atoms with E-state index in [0.29, 0.717) is 6.04 Å². The first-order chi connectivity index (χ1) is 9.72. The Morgan fingerprint density at radius 2 is 1.90 bits per heavy atom. The number of nitrogens with one attached hydrogen (secondary N) is 1. The van der Waals surface area contributed by atoms with Crippen LogP contribution in [0.15, 0.2) is 0 Å². The lowest BCUT2D eigenvalue weighted by Gasteiger charge is -2.23. The minimum atomic E-state index is -0.329. The third-order valence-corrected chi connectivity index (χ3v) is 4.64. The first-order valence-corrected chi connectivity index (χ1v) is 8.48. The van der Waals surface area contributed by atoms with Gasteiger partial charge in [0.15, 0.2) is 0 Å². The highest BCUT2D eigenvalue weighted by atomic mass is 16.5. The summed E-state index contributed by atoms with van der Waals surface area (Å²) in [6.07, 6.45) is 12.5. The van der Waals surface area contributed by atoms with Crippen LogP contribution in [0.25, 0.3) is 0 Å². The summed E-state index contributed by atoms with van der Waals surface area (Å²) in [7, 11) is 0. The SMILES string of the molecule is CC(C#N)(CCCCOCC1CCCCC1)NC1CC1. The second-order valence-electron chi connectivity index (χ2n) is 6.90. The average Bonchev–Trinajstić information content (AvgIpc) is 3.27. The van der Waals surface area contributed by atoms with Crippen molar-refractivity contribution in [3.05, 3.63) is 0 Å². The van der Waals surface area contributed by atoms with Gasteiger partial charge in [0.05, 0.1) is 6.07 Å². The molecule has 20 heavy (non-hydrogen) atoms. The maximum atomic E-state index is 9.29. The van der Waals surface area contributed by atoms with Crippen molar-refractivity contribution in [2.75, 3.05) is 13.2 Å². The minimum Gasteiger partial charge on any atom is -0.381 e. The molecule has 3 heteroatoms. The Morgan fingerprint density at radius 1 is 1.15 bits per heavy atom. The fourth-order valence-electron chi connectivity index (χ4n) is 3.13. The molecule has 0 aromatic heterocycles. The van der Waals surface area contributed by atoms with Crippen molar-refractivity contribution in [2.24, 2.45) is 5.92 Å². The van der Waals surface area contributed by atoms with E-state index >= 15 is 0 Å². The Balaban J connectivity index is 1.48. The van der Waals surface area contributed by atoms with Crippen molar-refractivity contribution in [3.63, 3.8) is 0 Å². The topological polar surface area (TPSA) is 45.0 Å². The normalized spacial score (nSPS) is 23.2. The summed E-state index contributed by atoms with van der Waals surface area (Å²) in [5.41, 5.74) is -0.329. The summed E-state index contributed by atoms with van der Waals surface area (Å²) in [5, 5.41) is 12.7. The van der Waals surface area contributed by atoms with Crippen LogP contribution in [-0.2, 0) is 4.74 Å². The lowest BCUT2D eigenvalue weighted by molar-refractivity contribution is 0.0818. The molecule has 0 heterocycles. The molecule has 0 bridgehead atoms. The Kier molecular flexibility index (Phi) is 6.32. The smallest absolute Gasteiger partial charge is 0.104 e. The number of hydrogen-bond acceptors (Lipinski definition) is 3. The van der Waals surface area contributed by atoms with Gasteiger partial charge in [0.2, 0.25) is 0 Å². The second-order valence-corrected chi connectivity index (χ2v) is 6.90. The maximum Gasteiger partial charge on any atom is 0.104 e. The molecule has 2 aliphatic rings. The van der Waals surface area contributed by atoms with Gasteiger partial charge in [-0.1, -0.05) is 19.3 Å². The van der Waals surface area contributed by atoms with Gasteiger partial charge in [-0.2, -0.15) is 5.26 Å². The molecule has 0 aromatic rings. The van der Waals surface area contributed by atoms with Crippen molar-refractivity contribution < 1.29 is 4.74 Å². The fraction of sp³-hybridized carbons (Fsp3) is 0.941. The Morgan fingerprint density at radius 3 is 2.55 bits per heavy atom. The van der Waals surface area contributed by atoms with E-state index in [1.165, 1.54) is 44.9 Å². The molecule has 0 spiro atoms. The molecule has 0 saturated heterocycles. The molecule has 2 rings (SSSR count). The Hall–Kier alpha value is -0.590. The van der Waals surface area contributed by atoms with Crippen LogP contribution in [0.5, 0.6) is 0 Å². The molecule has 1 unspecified atom stereocenters. The van der Waals surface area contributed by atoms with Gasteiger partial charge in [0, 0.05) is 19.3 Å². The van der Waals surface area contributed by atoms with Crippen molar-refractivity contribution in [1.29, 1.82) is 5.26 Å². The van der Waals surface area contributed by atoms with Crippen LogP contribution < -0.4 is 5.32 Å². The molecule has 114 valence electrons. The molecule has 3 nitrogen and oxygen atoms in total. The molecule has 1 atom stereocenters. The van der Waals surface area contributed by atoms with Crippen LogP contribution in [0.3, 0.4) is 0 Å². The quantitative estimate of drug-likeness (QED) is 0.653. The van der Waals surface area contributed by atoms with Crippen molar-refractivity contribution in [2.45, 2.75) is 82.7 Å². The molecule has 2 saturated carbocycles.